The molecule has 0 atom stereocenters. The second-order valence-corrected chi connectivity index (χ2v) is 5.46. The Bertz CT molecular complexity index is 613. The zero-order valence-corrected chi connectivity index (χ0v) is 12.4. The number of anilines is 1. The molecule has 104 valence electrons. The summed E-state index contributed by atoms with van der Waals surface area (Å²) in [5.74, 6) is 2.55. The molecule has 1 N–H and O–H groups in total. The van der Waals surface area contributed by atoms with Crippen LogP contribution < -0.4 is 5.32 Å². The van der Waals surface area contributed by atoms with Crippen LogP contribution in [0.15, 0.2) is 24.3 Å². The molecule has 3 heteroatoms. The smallest absolute Gasteiger partial charge is 0.161 e. The summed E-state index contributed by atoms with van der Waals surface area (Å²) < 4.78 is 0. The van der Waals surface area contributed by atoms with Gasteiger partial charge in [-0.1, -0.05) is 31.2 Å². The van der Waals surface area contributed by atoms with Crippen LogP contribution in [0.3, 0.4) is 0 Å². The van der Waals surface area contributed by atoms with Gasteiger partial charge in [-0.25, -0.2) is 9.97 Å². The predicted octanol–water partition coefficient (Wildman–Crippen LogP) is 3.93. The average Bonchev–Trinajstić information content (AvgIpc) is 3.31. The molecule has 3 rings (SSSR count). The van der Waals surface area contributed by atoms with Crippen LogP contribution in [0, 0.1) is 6.92 Å². The number of hydrogen-bond acceptors (Lipinski definition) is 3. The monoisotopic (exact) mass is 267 g/mol. The summed E-state index contributed by atoms with van der Waals surface area (Å²) in [6.45, 7) is 4.19. The van der Waals surface area contributed by atoms with E-state index in [2.05, 4.69) is 53.4 Å². The van der Waals surface area contributed by atoms with E-state index >= 15 is 0 Å². The van der Waals surface area contributed by atoms with Gasteiger partial charge >= 0.3 is 0 Å². The van der Waals surface area contributed by atoms with Crippen molar-refractivity contribution in [3.8, 4) is 11.4 Å². The maximum absolute atomic E-state index is 4.66. The highest BCUT2D eigenvalue weighted by molar-refractivity contribution is 5.60. The SMILES string of the molecule is CCc1c(C)nc(-c2ccc(C3CC3)cc2)nc1NC. The van der Waals surface area contributed by atoms with Crippen molar-refractivity contribution in [2.75, 3.05) is 12.4 Å². The average molecular weight is 267 g/mol. The fraction of sp³-hybridized carbons (Fsp3) is 0.412. The molecule has 0 bridgehead atoms. The van der Waals surface area contributed by atoms with Crippen molar-refractivity contribution >= 4 is 5.82 Å². The van der Waals surface area contributed by atoms with Crippen molar-refractivity contribution in [2.45, 2.75) is 39.0 Å². The molecule has 0 amide bonds. The quantitative estimate of drug-likeness (QED) is 0.912. The van der Waals surface area contributed by atoms with Crippen LogP contribution in [-0.4, -0.2) is 17.0 Å². The molecule has 1 heterocycles. The Hall–Kier alpha value is -1.90. The lowest BCUT2D eigenvalue weighted by Gasteiger charge is -2.11. The van der Waals surface area contributed by atoms with E-state index in [1.54, 1.807) is 0 Å². The third-order valence-corrected chi connectivity index (χ3v) is 4.02. The Morgan fingerprint density at radius 1 is 1.15 bits per heavy atom. The maximum Gasteiger partial charge on any atom is 0.161 e. The first kappa shape index (κ1) is 13.1. The second-order valence-electron chi connectivity index (χ2n) is 5.46. The van der Waals surface area contributed by atoms with Crippen LogP contribution in [0.25, 0.3) is 11.4 Å². The van der Waals surface area contributed by atoms with E-state index < -0.39 is 0 Å². The Morgan fingerprint density at radius 2 is 1.85 bits per heavy atom. The van der Waals surface area contributed by atoms with Gasteiger partial charge in [0.2, 0.25) is 0 Å². The van der Waals surface area contributed by atoms with Crippen LogP contribution in [0.4, 0.5) is 5.82 Å². The highest BCUT2D eigenvalue weighted by atomic mass is 15.0. The number of nitrogens with one attached hydrogen (secondary N) is 1. The normalized spacial score (nSPS) is 14.3. The van der Waals surface area contributed by atoms with Gasteiger partial charge in [0, 0.05) is 23.9 Å². The molecule has 1 saturated carbocycles. The Labute approximate surface area is 120 Å². The van der Waals surface area contributed by atoms with Gasteiger partial charge in [0.05, 0.1) is 0 Å². The first-order valence-electron chi connectivity index (χ1n) is 7.38. The number of nitrogens with zero attached hydrogens (tertiary/aromatic N) is 2. The van der Waals surface area contributed by atoms with E-state index in [0.717, 1.165) is 35.2 Å². The van der Waals surface area contributed by atoms with Crippen LogP contribution in [-0.2, 0) is 6.42 Å². The summed E-state index contributed by atoms with van der Waals surface area (Å²) in [4.78, 5) is 9.32. The van der Waals surface area contributed by atoms with Gasteiger partial charge in [-0.3, -0.25) is 0 Å². The molecule has 20 heavy (non-hydrogen) atoms. The van der Waals surface area contributed by atoms with Crippen molar-refractivity contribution in [3.63, 3.8) is 0 Å². The Morgan fingerprint density at radius 3 is 2.40 bits per heavy atom. The minimum absolute atomic E-state index is 0.794. The lowest BCUT2D eigenvalue weighted by atomic mass is 10.1. The van der Waals surface area contributed by atoms with E-state index in [1.807, 2.05) is 7.05 Å². The molecule has 3 nitrogen and oxygen atoms in total. The lowest BCUT2D eigenvalue weighted by molar-refractivity contribution is 1.00. The fourth-order valence-corrected chi connectivity index (χ4v) is 2.68. The second kappa shape index (κ2) is 5.23. The molecule has 2 aromatic rings. The number of hydrogen-bond donors (Lipinski definition) is 1. The fourth-order valence-electron chi connectivity index (χ4n) is 2.68. The summed E-state index contributed by atoms with van der Waals surface area (Å²) in [5, 5.41) is 3.19. The molecular formula is C17H21N3. The van der Waals surface area contributed by atoms with E-state index in [0.29, 0.717) is 0 Å². The van der Waals surface area contributed by atoms with Gasteiger partial charge in [-0.05, 0) is 37.7 Å². The summed E-state index contributed by atoms with van der Waals surface area (Å²) in [6.07, 6.45) is 3.62. The molecule has 0 radical (unpaired) electrons. The third kappa shape index (κ3) is 2.40. The Kier molecular flexibility index (Phi) is 3.43. The first-order chi connectivity index (χ1) is 9.72. The minimum Gasteiger partial charge on any atom is -0.373 e. The van der Waals surface area contributed by atoms with Gasteiger partial charge in [0.1, 0.15) is 5.82 Å². The maximum atomic E-state index is 4.66. The van der Waals surface area contributed by atoms with E-state index in [4.69, 9.17) is 0 Å². The zero-order valence-electron chi connectivity index (χ0n) is 12.4. The molecule has 1 fully saturated rings. The van der Waals surface area contributed by atoms with Gasteiger partial charge in [-0.2, -0.15) is 0 Å². The van der Waals surface area contributed by atoms with Crippen molar-refractivity contribution in [1.29, 1.82) is 0 Å². The van der Waals surface area contributed by atoms with Crippen LogP contribution in [0.2, 0.25) is 0 Å². The van der Waals surface area contributed by atoms with Gasteiger partial charge in [-0.15, -0.1) is 0 Å². The Balaban J connectivity index is 1.98. The molecule has 1 aliphatic rings. The molecule has 0 unspecified atom stereocenters. The number of aryl methyl sites for hydroxylation is 1. The summed E-state index contributed by atoms with van der Waals surface area (Å²) >= 11 is 0. The van der Waals surface area contributed by atoms with Crippen LogP contribution in [0.5, 0.6) is 0 Å². The largest absolute Gasteiger partial charge is 0.373 e. The number of aromatic nitrogens is 2. The van der Waals surface area contributed by atoms with E-state index in [9.17, 15) is 0 Å². The van der Waals surface area contributed by atoms with E-state index in [1.165, 1.54) is 24.0 Å². The van der Waals surface area contributed by atoms with Crippen LogP contribution >= 0.6 is 0 Å². The van der Waals surface area contributed by atoms with Gasteiger partial charge in [0.25, 0.3) is 0 Å². The zero-order chi connectivity index (χ0) is 14.1. The van der Waals surface area contributed by atoms with Crippen molar-refractivity contribution in [2.24, 2.45) is 0 Å². The number of benzene rings is 1. The molecular weight excluding hydrogens is 246 g/mol. The minimum atomic E-state index is 0.794. The molecule has 1 aliphatic carbocycles. The highest BCUT2D eigenvalue weighted by Crippen LogP contribution is 2.40. The summed E-state index contributed by atoms with van der Waals surface area (Å²) in [6, 6.07) is 8.73. The molecule has 0 spiro atoms. The molecule has 1 aromatic heterocycles. The van der Waals surface area contributed by atoms with E-state index in [-0.39, 0.29) is 0 Å². The van der Waals surface area contributed by atoms with Gasteiger partial charge in [0.15, 0.2) is 5.82 Å². The predicted molar refractivity (Wildman–Crippen MR) is 83.1 cm³/mol. The van der Waals surface area contributed by atoms with Crippen molar-refractivity contribution in [1.82, 2.24) is 9.97 Å². The summed E-state index contributed by atoms with van der Waals surface area (Å²) in [7, 11) is 1.92. The van der Waals surface area contributed by atoms with Crippen molar-refractivity contribution in [3.05, 3.63) is 41.1 Å². The summed E-state index contributed by atoms with van der Waals surface area (Å²) in [5.41, 5.74) is 4.81. The van der Waals surface area contributed by atoms with Gasteiger partial charge < -0.3 is 5.32 Å². The standard InChI is InChI=1S/C17H21N3/c1-4-15-11(2)19-16(20-17(15)18-3)14-9-7-13(8-10-14)12-5-6-12/h7-10,12H,4-6H2,1-3H3,(H,18,19,20). The van der Waals surface area contributed by atoms with Crippen molar-refractivity contribution < 1.29 is 0 Å². The molecule has 0 saturated heterocycles. The molecule has 0 aliphatic heterocycles. The first-order valence-corrected chi connectivity index (χ1v) is 7.38. The lowest BCUT2D eigenvalue weighted by Crippen LogP contribution is -2.04. The third-order valence-electron chi connectivity index (χ3n) is 4.02. The number of rotatable bonds is 4. The topological polar surface area (TPSA) is 37.8 Å². The van der Waals surface area contributed by atoms with Crippen LogP contribution in [0.1, 0.15) is 42.5 Å². The highest BCUT2D eigenvalue weighted by Gasteiger charge is 2.23. The molecule has 1 aromatic carbocycles.